The van der Waals surface area contributed by atoms with E-state index in [2.05, 4.69) is 5.32 Å². The van der Waals surface area contributed by atoms with Crippen LogP contribution in [0.5, 0.6) is 0 Å². The second-order valence-electron chi connectivity index (χ2n) is 6.48. The molecular formula is C20H23N3O2. The van der Waals surface area contributed by atoms with Crippen molar-refractivity contribution in [1.82, 2.24) is 0 Å². The third-order valence-electron chi connectivity index (χ3n) is 4.76. The second kappa shape index (κ2) is 7.07. The summed E-state index contributed by atoms with van der Waals surface area (Å²) in [5, 5.41) is 2.94. The summed E-state index contributed by atoms with van der Waals surface area (Å²) in [6.07, 6.45) is 0.803. The number of rotatable bonds is 4. The maximum absolute atomic E-state index is 12.5. The molecule has 3 N–H and O–H groups in total. The second-order valence-corrected chi connectivity index (χ2v) is 6.48. The van der Waals surface area contributed by atoms with Crippen LogP contribution in [0.25, 0.3) is 0 Å². The van der Waals surface area contributed by atoms with E-state index in [1.807, 2.05) is 55.5 Å². The lowest BCUT2D eigenvalue weighted by atomic mass is 9.94. The number of carbonyl (C=O) groups is 2. The van der Waals surface area contributed by atoms with E-state index >= 15 is 0 Å². The monoisotopic (exact) mass is 337 g/mol. The number of carbonyl (C=O) groups excluding carboxylic acids is 2. The maximum atomic E-state index is 12.5. The van der Waals surface area contributed by atoms with Gasteiger partial charge in [0.2, 0.25) is 11.8 Å². The lowest BCUT2D eigenvalue weighted by Gasteiger charge is -2.20. The quantitative estimate of drug-likeness (QED) is 0.901. The van der Waals surface area contributed by atoms with Crippen LogP contribution in [0.4, 0.5) is 11.4 Å². The molecule has 130 valence electrons. The van der Waals surface area contributed by atoms with Crippen molar-refractivity contribution in [1.29, 1.82) is 0 Å². The van der Waals surface area contributed by atoms with Gasteiger partial charge in [0.1, 0.15) is 0 Å². The Balaban J connectivity index is 1.70. The summed E-state index contributed by atoms with van der Waals surface area (Å²) >= 11 is 0. The van der Waals surface area contributed by atoms with Crippen LogP contribution in [0.2, 0.25) is 0 Å². The molecule has 2 aromatic carbocycles. The molecule has 1 aliphatic rings. The van der Waals surface area contributed by atoms with Gasteiger partial charge in [0.25, 0.3) is 0 Å². The fourth-order valence-corrected chi connectivity index (χ4v) is 3.19. The lowest BCUT2D eigenvalue weighted by Crippen LogP contribution is -2.30. The fraction of sp³-hybridized carbons (Fsp3) is 0.300. The van der Waals surface area contributed by atoms with Crippen molar-refractivity contribution in [2.75, 3.05) is 16.8 Å². The zero-order chi connectivity index (χ0) is 18.0. The molecule has 0 spiro atoms. The third kappa shape index (κ3) is 3.56. The summed E-state index contributed by atoms with van der Waals surface area (Å²) in [6.45, 7) is 4.09. The third-order valence-corrected chi connectivity index (χ3v) is 4.76. The summed E-state index contributed by atoms with van der Waals surface area (Å²) in [4.78, 5) is 25.9. The van der Waals surface area contributed by atoms with Crippen LogP contribution in [-0.2, 0) is 16.0 Å². The van der Waals surface area contributed by atoms with Crippen LogP contribution in [0.15, 0.2) is 48.5 Å². The van der Waals surface area contributed by atoms with Gasteiger partial charge in [-0.25, -0.2) is 0 Å². The Hall–Kier alpha value is -2.66. The van der Waals surface area contributed by atoms with Gasteiger partial charge < -0.3 is 16.0 Å². The first-order valence-corrected chi connectivity index (χ1v) is 8.50. The van der Waals surface area contributed by atoms with Gasteiger partial charge in [-0.3, -0.25) is 9.59 Å². The molecule has 0 aromatic heterocycles. The van der Waals surface area contributed by atoms with Crippen LogP contribution >= 0.6 is 0 Å². The highest BCUT2D eigenvalue weighted by Gasteiger charge is 2.24. The number of anilines is 2. The van der Waals surface area contributed by atoms with E-state index in [-0.39, 0.29) is 23.8 Å². The molecule has 5 heteroatoms. The SMILES string of the molecule is CC(=O)N1CCc2cc(NC(=O)C(C)C(N)c3ccccc3)ccc21. The first kappa shape index (κ1) is 17.2. The van der Waals surface area contributed by atoms with E-state index in [1.54, 1.807) is 11.8 Å². The number of nitrogens with one attached hydrogen (secondary N) is 1. The number of hydrogen-bond acceptors (Lipinski definition) is 3. The van der Waals surface area contributed by atoms with Gasteiger partial charge in [0.05, 0.1) is 5.92 Å². The predicted molar refractivity (Wildman–Crippen MR) is 99.3 cm³/mol. The van der Waals surface area contributed by atoms with Crippen molar-refractivity contribution in [2.24, 2.45) is 11.7 Å². The average Bonchev–Trinajstić information content (AvgIpc) is 3.04. The summed E-state index contributed by atoms with van der Waals surface area (Å²) in [6, 6.07) is 14.9. The molecule has 5 nitrogen and oxygen atoms in total. The van der Waals surface area contributed by atoms with Crippen LogP contribution < -0.4 is 16.0 Å². The number of nitrogens with zero attached hydrogens (tertiary/aromatic N) is 1. The van der Waals surface area contributed by atoms with Crippen molar-refractivity contribution in [3.8, 4) is 0 Å². The highest BCUT2D eigenvalue weighted by Crippen LogP contribution is 2.31. The first-order valence-electron chi connectivity index (χ1n) is 8.50. The highest BCUT2D eigenvalue weighted by molar-refractivity contribution is 5.96. The van der Waals surface area contributed by atoms with Crippen LogP contribution in [0.3, 0.4) is 0 Å². The number of fused-ring (bicyclic) bond motifs is 1. The van der Waals surface area contributed by atoms with E-state index in [4.69, 9.17) is 5.73 Å². The molecule has 2 atom stereocenters. The Morgan fingerprint density at radius 1 is 1.16 bits per heavy atom. The van der Waals surface area contributed by atoms with Crippen molar-refractivity contribution in [3.63, 3.8) is 0 Å². The van der Waals surface area contributed by atoms with Crippen molar-refractivity contribution in [3.05, 3.63) is 59.7 Å². The van der Waals surface area contributed by atoms with Gasteiger partial charge in [0, 0.05) is 30.9 Å². The minimum atomic E-state index is -0.358. The Labute approximate surface area is 147 Å². The number of amides is 2. The Morgan fingerprint density at radius 2 is 1.88 bits per heavy atom. The molecule has 3 rings (SSSR count). The molecule has 0 saturated heterocycles. The van der Waals surface area contributed by atoms with E-state index < -0.39 is 0 Å². The Kier molecular flexibility index (Phi) is 4.86. The Morgan fingerprint density at radius 3 is 2.56 bits per heavy atom. The summed E-state index contributed by atoms with van der Waals surface area (Å²) < 4.78 is 0. The molecule has 0 fully saturated rings. The van der Waals surface area contributed by atoms with Gasteiger partial charge in [0.15, 0.2) is 0 Å². The average molecular weight is 337 g/mol. The lowest BCUT2D eigenvalue weighted by molar-refractivity contribution is -0.120. The maximum Gasteiger partial charge on any atom is 0.229 e. The molecule has 2 unspecified atom stereocenters. The van der Waals surface area contributed by atoms with E-state index in [9.17, 15) is 9.59 Å². The van der Waals surface area contributed by atoms with Gasteiger partial charge in [-0.2, -0.15) is 0 Å². The van der Waals surface area contributed by atoms with Gasteiger partial charge >= 0.3 is 0 Å². The van der Waals surface area contributed by atoms with Crippen molar-refractivity contribution < 1.29 is 9.59 Å². The smallest absolute Gasteiger partial charge is 0.229 e. The molecule has 2 aromatic rings. The zero-order valence-electron chi connectivity index (χ0n) is 14.5. The number of nitrogens with two attached hydrogens (primary N) is 1. The minimum Gasteiger partial charge on any atom is -0.326 e. The van der Waals surface area contributed by atoms with E-state index in [0.29, 0.717) is 6.54 Å². The zero-order valence-corrected chi connectivity index (χ0v) is 14.5. The molecule has 2 amide bonds. The summed E-state index contributed by atoms with van der Waals surface area (Å²) in [7, 11) is 0. The highest BCUT2D eigenvalue weighted by atomic mass is 16.2. The van der Waals surface area contributed by atoms with Gasteiger partial charge in [-0.1, -0.05) is 37.3 Å². The number of benzene rings is 2. The minimum absolute atomic E-state index is 0.0398. The van der Waals surface area contributed by atoms with Crippen molar-refractivity contribution in [2.45, 2.75) is 26.3 Å². The van der Waals surface area contributed by atoms with Crippen LogP contribution in [0, 0.1) is 5.92 Å². The molecule has 0 saturated carbocycles. The van der Waals surface area contributed by atoms with E-state index in [1.165, 1.54) is 0 Å². The molecular weight excluding hydrogens is 314 g/mol. The number of hydrogen-bond donors (Lipinski definition) is 2. The van der Waals surface area contributed by atoms with E-state index in [0.717, 1.165) is 28.9 Å². The van der Waals surface area contributed by atoms with Gasteiger partial charge in [-0.15, -0.1) is 0 Å². The molecule has 1 aliphatic heterocycles. The Bertz CT molecular complexity index is 789. The topological polar surface area (TPSA) is 75.4 Å². The fourth-order valence-electron chi connectivity index (χ4n) is 3.19. The largest absolute Gasteiger partial charge is 0.326 e. The molecule has 0 aliphatic carbocycles. The molecule has 1 heterocycles. The molecule has 0 bridgehead atoms. The standard InChI is InChI=1S/C20H23N3O2/c1-13(19(21)15-6-4-3-5-7-15)20(25)22-17-8-9-18-16(12-17)10-11-23(18)14(2)24/h3-9,12-13,19H,10-11,21H2,1-2H3,(H,22,25). The summed E-state index contributed by atoms with van der Waals surface area (Å²) in [5.74, 6) is -0.430. The molecule has 25 heavy (non-hydrogen) atoms. The summed E-state index contributed by atoms with van der Waals surface area (Å²) in [5.41, 5.74) is 9.91. The van der Waals surface area contributed by atoms with Crippen LogP contribution in [0.1, 0.15) is 31.0 Å². The van der Waals surface area contributed by atoms with Crippen molar-refractivity contribution >= 4 is 23.2 Å². The van der Waals surface area contributed by atoms with Crippen LogP contribution in [-0.4, -0.2) is 18.4 Å². The predicted octanol–water partition coefficient (Wildman–Crippen LogP) is 2.87. The normalized spacial score (nSPS) is 15.4. The first-order chi connectivity index (χ1) is 12.0. The van der Waals surface area contributed by atoms with Gasteiger partial charge in [-0.05, 0) is 35.7 Å². The molecule has 0 radical (unpaired) electrons.